The van der Waals surface area contributed by atoms with Gasteiger partial charge in [0, 0.05) is 23.2 Å². The van der Waals surface area contributed by atoms with Gasteiger partial charge in [0.15, 0.2) is 0 Å². The number of amides is 1. The first-order valence-electron chi connectivity index (χ1n) is 6.42. The second-order valence-electron chi connectivity index (χ2n) is 5.59. The van der Waals surface area contributed by atoms with Crippen LogP contribution in [0, 0.1) is 0 Å². The van der Waals surface area contributed by atoms with E-state index in [4.69, 9.17) is 11.6 Å². The monoisotopic (exact) mass is 333 g/mol. The van der Waals surface area contributed by atoms with Crippen molar-refractivity contribution in [3.8, 4) is 0 Å². The quantitative estimate of drug-likeness (QED) is 0.795. The molecule has 0 saturated carbocycles. The van der Waals surface area contributed by atoms with Crippen LogP contribution in [0.1, 0.15) is 36.8 Å². The molecule has 6 nitrogen and oxygen atoms in total. The molecule has 1 amide bonds. The Balaban J connectivity index is 2.82. The molecule has 0 aliphatic rings. The predicted octanol–water partition coefficient (Wildman–Crippen LogP) is 1.31. The third kappa shape index (κ3) is 5.61. The van der Waals surface area contributed by atoms with Crippen molar-refractivity contribution >= 4 is 27.5 Å². The first-order valence-corrected chi connectivity index (χ1v) is 8.45. The number of hydrogen-bond donors (Lipinski definition) is 2. The van der Waals surface area contributed by atoms with Crippen LogP contribution in [0.4, 0.5) is 0 Å². The van der Waals surface area contributed by atoms with Gasteiger partial charge in [0.05, 0.1) is 5.75 Å². The van der Waals surface area contributed by atoms with Gasteiger partial charge < -0.3 is 5.32 Å². The molecule has 0 radical (unpaired) electrons. The standard InChI is InChI=1S/C13H20ClN3O3S/c1-13(2,3)10-7-9(8-11(14)17-10)12(18)16-5-6-21(19,20)15-4/h7-8,15H,5-6H2,1-4H3,(H,16,18). The Morgan fingerprint density at radius 1 is 1.33 bits per heavy atom. The summed E-state index contributed by atoms with van der Waals surface area (Å²) in [6.45, 7) is 5.92. The highest BCUT2D eigenvalue weighted by atomic mass is 35.5. The average Bonchev–Trinajstić information content (AvgIpc) is 2.36. The largest absolute Gasteiger partial charge is 0.351 e. The van der Waals surface area contributed by atoms with E-state index in [9.17, 15) is 13.2 Å². The predicted molar refractivity (Wildman–Crippen MR) is 83.1 cm³/mol. The smallest absolute Gasteiger partial charge is 0.251 e. The van der Waals surface area contributed by atoms with Crippen LogP contribution < -0.4 is 10.0 Å². The summed E-state index contributed by atoms with van der Waals surface area (Å²) in [5, 5.41) is 2.78. The number of carbonyl (C=O) groups is 1. The maximum absolute atomic E-state index is 12.0. The summed E-state index contributed by atoms with van der Waals surface area (Å²) < 4.78 is 24.7. The lowest BCUT2D eigenvalue weighted by Gasteiger charge is -2.18. The minimum Gasteiger partial charge on any atom is -0.351 e. The lowest BCUT2D eigenvalue weighted by Crippen LogP contribution is -2.33. The lowest BCUT2D eigenvalue weighted by atomic mass is 9.91. The van der Waals surface area contributed by atoms with Gasteiger partial charge in [-0.25, -0.2) is 18.1 Å². The van der Waals surface area contributed by atoms with Crippen molar-refractivity contribution in [2.75, 3.05) is 19.3 Å². The molecule has 21 heavy (non-hydrogen) atoms. The maximum Gasteiger partial charge on any atom is 0.251 e. The first kappa shape index (κ1) is 17.9. The van der Waals surface area contributed by atoms with E-state index in [1.54, 1.807) is 6.07 Å². The number of aromatic nitrogens is 1. The van der Waals surface area contributed by atoms with Gasteiger partial charge in [-0.15, -0.1) is 0 Å². The van der Waals surface area contributed by atoms with Gasteiger partial charge >= 0.3 is 0 Å². The van der Waals surface area contributed by atoms with Crippen LogP contribution in [0.2, 0.25) is 5.15 Å². The Labute approximate surface area is 130 Å². The zero-order chi connectivity index (χ0) is 16.3. The molecule has 0 aromatic carbocycles. The second-order valence-corrected chi connectivity index (χ2v) is 8.03. The van der Waals surface area contributed by atoms with Crippen LogP contribution in [-0.4, -0.2) is 38.7 Å². The summed E-state index contributed by atoms with van der Waals surface area (Å²) in [6.07, 6.45) is 0. The van der Waals surface area contributed by atoms with Crippen molar-refractivity contribution in [1.29, 1.82) is 0 Å². The van der Waals surface area contributed by atoms with Crippen LogP contribution in [0.25, 0.3) is 0 Å². The number of nitrogens with one attached hydrogen (secondary N) is 2. The molecule has 8 heteroatoms. The fourth-order valence-electron chi connectivity index (χ4n) is 1.52. The fourth-order valence-corrected chi connectivity index (χ4v) is 2.30. The Hall–Kier alpha value is -1.18. The number of pyridine rings is 1. The van der Waals surface area contributed by atoms with E-state index < -0.39 is 10.0 Å². The number of hydrogen-bond acceptors (Lipinski definition) is 4. The summed E-state index contributed by atoms with van der Waals surface area (Å²) in [6, 6.07) is 3.12. The Kier molecular flexibility index (Phi) is 5.72. The van der Waals surface area contributed by atoms with Crippen molar-refractivity contribution in [2.24, 2.45) is 0 Å². The van der Waals surface area contributed by atoms with Gasteiger partial charge in [-0.2, -0.15) is 0 Å². The molecule has 0 spiro atoms. The second kappa shape index (κ2) is 6.72. The molecule has 0 saturated heterocycles. The highest BCUT2D eigenvalue weighted by Crippen LogP contribution is 2.23. The summed E-state index contributed by atoms with van der Waals surface area (Å²) in [5.41, 5.74) is 0.819. The third-order valence-electron chi connectivity index (χ3n) is 2.79. The summed E-state index contributed by atoms with van der Waals surface area (Å²) in [4.78, 5) is 16.2. The van der Waals surface area contributed by atoms with Crippen molar-refractivity contribution < 1.29 is 13.2 Å². The molecule has 118 valence electrons. The van der Waals surface area contributed by atoms with Crippen LogP contribution in [0.5, 0.6) is 0 Å². The van der Waals surface area contributed by atoms with Crippen molar-refractivity contribution in [2.45, 2.75) is 26.2 Å². The van der Waals surface area contributed by atoms with E-state index in [2.05, 4.69) is 15.0 Å². The fraction of sp³-hybridized carbons (Fsp3) is 0.538. The normalized spacial score (nSPS) is 12.2. The minimum atomic E-state index is -3.34. The molecule has 0 aliphatic heterocycles. The van der Waals surface area contributed by atoms with Crippen LogP contribution in [-0.2, 0) is 15.4 Å². The van der Waals surface area contributed by atoms with Gasteiger partial charge in [0.2, 0.25) is 10.0 Å². The van der Waals surface area contributed by atoms with E-state index in [0.717, 1.165) is 0 Å². The van der Waals surface area contributed by atoms with E-state index in [1.165, 1.54) is 13.1 Å². The first-order chi connectivity index (χ1) is 9.55. The van der Waals surface area contributed by atoms with Gasteiger partial charge in [-0.1, -0.05) is 32.4 Å². The molecule has 0 fully saturated rings. The molecule has 2 N–H and O–H groups in total. The maximum atomic E-state index is 12.0. The van der Waals surface area contributed by atoms with Crippen molar-refractivity contribution in [1.82, 2.24) is 15.0 Å². The summed E-state index contributed by atoms with van der Waals surface area (Å²) >= 11 is 5.93. The zero-order valence-corrected chi connectivity index (χ0v) is 14.1. The molecule has 1 aromatic heterocycles. The Morgan fingerprint density at radius 2 is 1.95 bits per heavy atom. The summed E-state index contributed by atoms with van der Waals surface area (Å²) in [7, 11) is -2.01. The number of rotatable bonds is 5. The topological polar surface area (TPSA) is 88.2 Å². The summed E-state index contributed by atoms with van der Waals surface area (Å²) in [5.74, 6) is -0.559. The highest BCUT2D eigenvalue weighted by Gasteiger charge is 2.19. The molecule has 1 rings (SSSR count). The average molecular weight is 334 g/mol. The number of sulfonamides is 1. The number of carbonyl (C=O) groups excluding carboxylic acids is 1. The molecule has 0 atom stereocenters. The van der Waals surface area contributed by atoms with E-state index in [-0.39, 0.29) is 28.8 Å². The van der Waals surface area contributed by atoms with Crippen LogP contribution in [0.3, 0.4) is 0 Å². The zero-order valence-electron chi connectivity index (χ0n) is 12.5. The minimum absolute atomic E-state index is 0.0206. The van der Waals surface area contributed by atoms with Crippen LogP contribution >= 0.6 is 11.6 Å². The van der Waals surface area contributed by atoms with Gasteiger partial charge in [0.1, 0.15) is 5.15 Å². The van der Waals surface area contributed by atoms with E-state index in [0.29, 0.717) is 11.3 Å². The number of halogens is 1. The third-order valence-corrected chi connectivity index (χ3v) is 4.35. The molecule has 1 aromatic rings. The highest BCUT2D eigenvalue weighted by molar-refractivity contribution is 7.89. The molecule has 1 heterocycles. The Morgan fingerprint density at radius 3 is 2.48 bits per heavy atom. The van der Waals surface area contributed by atoms with Crippen molar-refractivity contribution in [3.05, 3.63) is 28.5 Å². The van der Waals surface area contributed by atoms with Gasteiger partial charge in [0.25, 0.3) is 5.91 Å². The number of nitrogens with zero attached hydrogens (tertiary/aromatic N) is 1. The van der Waals surface area contributed by atoms with E-state index in [1.807, 2.05) is 20.8 Å². The SMILES string of the molecule is CNS(=O)(=O)CCNC(=O)c1cc(Cl)nc(C(C)(C)C)c1. The van der Waals surface area contributed by atoms with Gasteiger partial charge in [-0.3, -0.25) is 4.79 Å². The lowest BCUT2D eigenvalue weighted by molar-refractivity contribution is 0.0956. The molecular formula is C13H20ClN3O3S. The van der Waals surface area contributed by atoms with E-state index >= 15 is 0 Å². The molecule has 0 aliphatic carbocycles. The van der Waals surface area contributed by atoms with Crippen LogP contribution in [0.15, 0.2) is 12.1 Å². The molecule has 0 bridgehead atoms. The Bertz CT molecular complexity index is 624. The van der Waals surface area contributed by atoms with Gasteiger partial charge in [-0.05, 0) is 19.2 Å². The van der Waals surface area contributed by atoms with Crippen molar-refractivity contribution in [3.63, 3.8) is 0 Å². The molecular weight excluding hydrogens is 314 g/mol. The molecule has 0 unspecified atom stereocenters.